The zero-order valence-corrected chi connectivity index (χ0v) is 8.18. The van der Waals surface area contributed by atoms with E-state index in [9.17, 15) is 4.79 Å². The Kier molecular flexibility index (Phi) is 3.57. The SMILES string of the molecule is CCC1CCCN(C)C(=O)CC1. The number of nitrogens with zero attached hydrogens (tertiary/aromatic N) is 1. The van der Waals surface area contributed by atoms with Gasteiger partial charge in [0.1, 0.15) is 0 Å². The zero-order chi connectivity index (χ0) is 8.97. The van der Waals surface area contributed by atoms with E-state index >= 15 is 0 Å². The van der Waals surface area contributed by atoms with Crippen LogP contribution in [0.1, 0.15) is 39.0 Å². The second-order valence-electron chi connectivity index (χ2n) is 3.77. The minimum Gasteiger partial charge on any atom is -0.346 e. The molecule has 0 aromatic rings. The zero-order valence-electron chi connectivity index (χ0n) is 8.18. The first-order valence-electron chi connectivity index (χ1n) is 4.98. The lowest BCUT2D eigenvalue weighted by atomic mass is 9.93. The maximum atomic E-state index is 11.4. The van der Waals surface area contributed by atoms with E-state index in [2.05, 4.69) is 6.92 Å². The lowest BCUT2D eigenvalue weighted by molar-refractivity contribution is -0.130. The molecule has 0 radical (unpaired) electrons. The van der Waals surface area contributed by atoms with Crippen LogP contribution in [0.3, 0.4) is 0 Å². The highest BCUT2D eigenvalue weighted by molar-refractivity contribution is 5.75. The molecule has 12 heavy (non-hydrogen) atoms. The predicted molar refractivity (Wildman–Crippen MR) is 49.9 cm³/mol. The van der Waals surface area contributed by atoms with Crippen LogP contribution in [0.5, 0.6) is 0 Å². The Morgan fingerprint density at radius 2 is 2.25 bits per heavy atom. The van der Waals surface area contributed by atoms with Crippen molar-refractivity contribution in [3.63, 3.8) is 0 Å². The molecule has 0 aromatic heterocycles. The second-order valence-corrected chi connectivity index (χ2v) is 3.77. The molecule has 1 heterocycles. The fourth-order valence-electron chi connectivity index (χ4n) is 1.81. The number of rotatable bonds is 1. The maximum Gasteiger partial charge on any atom is 0.222 e. The Labute approximate surface area is 74.9 Å². The summed E-state index contributed by atoms with van der Waals surface area (Å²) in [6.07, 6.45) is 5.57. The van der Waals surface area contributed by atoms with Crippen molar-refractivity contribution in [3.8, 4) is 0 Å². The summed E-state index contributed by atoms with van der Waals surface area (Å²) < 4.78 is 0. The molecular formula is C10H19NO. The Morgan fingerprint density at radius 1 is 1.50 bits per heavy atom. The van der Waals surface area contributed by atoms with Gasteiger partial charge in [0.2, 0.25) is 5.91 Å². The van der Waals surface area contributed by atoms with Gasteiger partial charge in [-0.1, -0.05) is 13.3 Å². The molecule has 1 fully saturated rings. The maximum absolute atomic E-state index is 11.4. The molecule has 0 saturated carbocycles. The van der Waals surface area contributed by atoms with Crippen molar-refractivity contribution >= 4 is 5.91 Å². The molecule has 2 heteroatoms. The summed E-state index contributed by atoms with van der Waals surface area (Å²) in [4.78, 5) is 13.2. The van der Waals surface area contributed by atoms with Gasteiger partial charge in [0.25, 0.3) is 0 Å². The third-order valence-electron chi connectivity index (χ3n) is 2.88. The fourth-order valence-corrected chi connectivity index (χ4v) is 1.81. The van der Waals surface area contributed by atoms with Gasteiger partial charge >= 0.3 is 0 Å². The van der Waals surface area contributed by atoms with Crippen LogP contribution < -0.4 is 0 Å². The van der Waals surface area contributed by atoms with E-state index in [1.54, 1.807) is 0 Å². The van der Waals surface area contributed by atoms with E-state index in [1.165, 1.54) is 19.3 Å². The van der Waals surface area contributed by atoms with Crippen LogP contribution in [0, 0.1) is 5.92 Å². The summed E-state index contributed by atoms with van der Waals surface area (Å²) in [6, 6.07) is 0. The number of amides is 1. The average molecular weight is 169 g/mol. The highest BCUT2D eigenvalue weighted by Gasteiger charge is 2.16. The third kappa shape index (κ3) is 2.50. The second kappa shape index (κ2) is 4.48. The number of hydrogen-bond donors (Lipinski definition) is 0. The van der Waals surface area contributed by atoms with Gasteiger partial charge in [0.05, 0.1) is 0 Å². The molecule has 1 amide bonds. The number of carbonyl (C=O) groups is 1. The standard InChI is InChI=1S/C10H19NO/c1-3-9-5-4-8-11(2)10(12)7-6-9/h9H,3-8H2,1-2H3. The predicted octanol–water partition coefficient (Wildman–Crippen LogP) is 2.04. The molecule has 0 aromatic carbocycles. The molecule has 0 bridgehead atoms. The highest BCUT2D eigenvalue weighted by Crippen LogP contribution is 2.20. The van der Waals surface area contributed by atoms with Gasteiger partial charge in [0.15, 0.2) is 0 Å². The first kappa shape index (κ1) is 9.56. The van der Waals surface area contributed by atoms with E-state index < -0.39 is 0 Å². The Hall–Kier alpha value is -0.530. The topological polar surface area (TPSA) is 20.3 Å². The Balaban J connectivity index is 2.40. The molecule has 1 unspecified atom stereocenters. The van der Waals surface area contributed by atoms with Crippen molar-refractivity contribution < 1.29 is 4.79 Å². The van der Waals surface area contributed by atoms with Crippen LogP contribution in [0.2, 0.25) is 0 Å². The van der Waals surface area contributed by atoms with Crippen LogP contribution in [-0.4, -0.2) is 24.4 Å². The van der Waals surface area contributed by atoms with Crippen molar-refractivity contribution in [1.82, 2.24) is 4.90 Å². The molecule has 70 valence electrons. The monoisotopic (exact) mass is 169 g/mol. The first-order valence-corrected chi connectivity index (χ1v) is 4.98. The van der Waals surface area contributed by atoms with Crippen LogP contribution >= 0.6 is 0 Å². The van der Waals surface area contributed by atoms with Crippen LogP contribution in [0.15, 0.2) is 0 Å². The van der Waals surface area contributed by atoms with Crippen molar-refractivity contribution in [2.24, 2.45) is 5.92 Å². The van der Waals surface area contributed by atoms with Gasteiger partial charge in [-0.25, -0.2) is 0 Å². The smallest absolute Gasteiger partial charge is 0.222 e. The summed E-state index contributed by atoms with van der Waals surface area (Å²) in [6.45, 7) is 3.18. The van der Waals surface area contributed by atoms with Gasteiger partial charge in [-0.3, -0.25) is 4.79 Å². The summed E-state index contributed by atoms with van der Waals surface area (Å²) in [5.41, 5.74) is 0. The lowest BCUT2D eigenvalue weighted by Crippen LogP contribution is -2.30. The normalized spacial score (nSPS) is 26.7. The van der Waals surface area contributed by atoms with E-state index in [0.29, 0.717) is 5.91 Å². The largest absolute Gasteiger partial charge is 0.346 e. The molecule has 0 N–H and O–H groups in total. The fraction of sp³-hybridized carbons (Fsp3) is 0.900. The van der Waals surface area contributed by atoms with Gasteiger partial charge in [0, 0.05) is 20.0 Å². The highest BCUT2D eigenvalue weighted by atomic mass is 16.2. The van der Waals surface area contributed by atoms with Crippen molar-refractivity contribution in [2.45, 2.75) is 39.0 Å². The van der Waals surface area contributed by atoms with Crippen LogP contribution in [-0.2, 0) is 4.79 Å². The molecule has 2 nitrogen and oxygen atoms in total. The van der Waals surface area contributed by atoms with Crippen molar-refractivity contribution in [2.75, 3.05) is 13.6 Å². The minimum absolute atomic E-state index is 0.327. The number of hydrogen-bond acceptors (Lipinski definition) is 1. The summed E-state index contributed by atoms with van der Waals surface area (Å²) in [5, 5.41) is 0. The summed E-state index contributed by atoms with van der Waals surface area (Å²) in [7, 11) is 1.91. The quantitative estimate of drug-likeness (QED) is 0.588. The molecule has 1 saturated heterocycles. The van der Waals surface area contributed by atoms with Crippen molar-refractivity contribution in [3.05, 3.63) is 0 Å². The first-order chi connectivity index (χ1) is 5.74. The molecule has 1 rings (SSSR count). The Bertz CT molecular complexity index is 156. The van der Waals surface area contributed by atoms with E-state index in [0.717, 1.165) is 25.3 Å². The minimum atomic E-state index is 0.327. The van der Waals surface area contributed by atoms with E-state index in [1.807, 2.05) is 11.9 Å². The van der Waals surface area contributed by atoms with E-state index in [4.69, 9.17) is 0 Å². The summed E-state index contributed by atoms with van der Waals surface area (Å²) >= 11 is 0. The molecule has 1 aliphatic rings. The molecule has 1 atom stereocenters. The van der Waals surface area contributed by atoms with Gasteiger partial charge in [-0.2, -0.15) is 0 Å². The molecule has 0 aliphatic carbocycles. The molecular weight excluding hydrogens is 150 g/mol. The van der Waals surface area contributed by atoms with Crippen molar-refractivity contribution in [1.29, 1.82) is 0 Å². The third-order valence-corrected chi connectivity index (χ3v) is 2.88. The summed E-state index contributed by atoms with van der Waals surface area (Å²) in [5.74, 6) is 1.12. The van der Waals surface area contributed by atoms with Gasteiger partial charge in [-0.05, 0) is 25.2 Å². The Morgan fingerprint density at radius 3 is 2.92 bits per heavy atom. The number of likely N-dealkylation sites (tertiary alicyclic amines) is 1. The average Bonchev–Trinajstić information content (AvgIpc) is 2.07. The van der Waals surface area contributed by atoms with E-state index in [-0.39, 0.29) is 0 Å². The number of carbonyl (C=O) groups excluding carboxylic acids is 1. The van der Waals surface area contributed by atoms with Gasteiger partial charge < -0.3 is 4.90 Å². The van der Waals surface area contributed by atoms with Gasteiger partial charge in [-0.15, -0.1) is 0 Å². The molecule has 1 aliphatic heterocycles. The van der Waals surface area contributed by atoms with Crippen LogP contribution in [0.25, 0.3) is 0 Å². The lowest BCUT2D eigenvalue weighted by Gasteiger charge is -2.24. The molecule has 0 spiro atoms. The van der Waals surface area contributed by atoms with Crippen LogP contribution in [0.4, 0.5) is 0 Å².